The third-order valence-corrected chi connectivity index (χ3v) is 10.8. The average molecular weight is 656 g/mol. The van der Waals surface area contributed by atoms with Crippen molar-refractivity contribution in [1.29, 1.82) is 0 Å². The highest BCUT2D eigenvalue weighted by molar-refractivity contribution is 7.26. The van der Waals surface area contributed by atoms with Crippen LogP contribution in [0.5, 0.6) is 0 Å². The molecule has 0 bridgehead atoms. The van der Waals surface area contributed by atoms with Crippen LogP contribution in [-0.2, 0) is 0 Å². The van der Waals surface area contributed by atoms with E-state index < -0.39 is 0 Å². The zero-order chi connectivity index (χ0) is 33.0. The van der Waals surface area contributed by atoms with E-state index in [9.17, 15) is 0 Å². The van der Waals surface area contributed by atoms with Gasteiger partial charge < -0.3 is 4.57 Å². The molecule has 10 aromatic rings. The Morgan fingerprint density at radius 1 is 0.400 bits per heavy atom. The maximum Gasteiger partial charge on any atom is 0.160 e. The van der Waals surface area contributed by atoms with Gasteiger partial charge in [0.1, 0.15) is 0 Å². The molecule has 0 amide bonds. The lowest BCUT2D eigenvalue weighted by Crippen LogP contribution is -1.97. The largest absolute Gasteiger partial charge is 0.308 e. The summed E-state index contributed by atoms with van der Waals surface area (Å²) in [5, 5.41) is 5.10. The summed E-state index contributed by atoms with van der Waals surface area (Å²) in [7, 11) is 0. The number of benzene rings is 7. The lowest BCUT2D eigenvalue weighted by Gasteiger charge is -2.12. The van der Waals surface area contributed by atoms with Crippen molar-refractivity contribution in [3.8, 4) is 50.7 Å². The lowest BCUT2D eigenvalue weighted by molar-refractivity contribution is 1.17. The third kappa shape index (κ3) is 4.73. The molecule has 0 aliphatic heterocycles. The maximum absolute atomic E-state index is 5.08. The number of hydrogen-bond donors (Lipinski definition) is 0. The van der Waals surface area contributed by atoms with Crippen LogP contribution in [-0.4, -0.2) is 14.5 Å². The van der Waals surface area contributed by atoms with Gasteiger partial charge in [-0.25, -0.2) is 9.97 Å². The second kappa shape index (κ2) is 11.7. The number of aromatic nitrogens is 3. The van der Waals surface area contributed by atoms with Crippen molar-refractivity contribution in [2.45, 2.75) is 0 Å². The Balaban J connectivity index is 1.17. The molecule has 10 rings (SSSR count). The van der Waals surface area contributed by atoms with Gasteiger partial charge in [0.25, 0.3) is 0 Å². The summed E-state index contributed by atoms with van der Waals surface area (Å²) >= 11 is 1.87. The molecule has 0 atom stereocenters. The topological polar surface area (TPSA) is 30.7 Å². The van der Waals surface area contributed by atoms with Crippen LogP contribution in [0.2, 0.25) is 0 Å². The molecule has 4 heteroatoms. The Kier molecular flexibility index (Phi) is 6.68. The van der Waals surface area contributed by atoms with Gasteiger partial charge in [-0.3, -0.25) is 0 Å². The molecular weight excluding hydrogens is 627 g/mol. The van der Waals surface area contributed by atoms with Gasteiger partial charge in [-0.15, -0.1) is 11.3 Å². The van der Waals surface area contributed by atoms with Crippen molar-refractivity contribution in [3.63, 3.8) is 0 Å². The molecule has 0 saturated heterocycles. The Labute approximate surface area is 293 Å². The van der Waals surface area contributed by atoms with Crippen molar-refractivity contribution in [1.82, 2.24) is 14.5 Å². The highest BCUT2D eigenvalue weighted by atomic mass is 32.1. The molecule has 0 radical (unpaired) electrons. The molecular formula is C46H29N3S. The van der Waals surface area contributed by atoms with Gasteiger partial charge in [0.2, 0.25) is 0 Å². The predicted molar refractivity (Wildman–Crippen MR) is 211 cm³/mol. The molecule has 0 fully saturated rings. The fourth-order valence-electron chi connectivity index (χ4n) is 7.21. The van der Waals surface area contributed by atoms with Gasteiger partial charge >= 0.3 is 0 Å². The van der Waals surface area contributed by atoms with Crippen LogP contribution in [0.4, 0.5) is 0 Å². The highest BCUT2D eigenvalue weighted by Crippen LogP contribution is 2.44. The summed E-state index contributed by atoms with van der Waals surface area (Å²) < 4.78 is 5.05. The van der Waals surface area contributed by atoms with Crippen LogP contribution >= 0.6 is 11.3 Å². The second-order valence-electron chi connectivity index (χ2n) is 12.6. The molecule has 7 aromatic carbocycles. The van der Waals surface area contributed by atoms with Crippen molar-refractivity contribution in [2.24, 2.45) is 0 Å². The molecule has 234 valence electrons. The van der Waals surface area contributed by atoms with Gasteiger partial charge in [-0.2, -0.15) is 0 Å². The van der Waals surface area contributed by atoms with E-state index in [1.165, 1.54) is 53.1 Å². The smallest absolute Gasteiger partial charge is 0.160 e. The van der Waals surface area contributed by atoms with Crippen molar-refractivity contribution < 1.29 is 0 Å². The second-order valence-corrected chi connectivity index (χ2v) is 13.7. The van der Waals surface area contributed by atoms with Crippen molar-refractivity contribution in [3.05, 3.63) is 176 Å². The number of hydrogen-bond acceptors (Lipinski definition) is 3. The van der Waals surface area contributed by atoms with E-state index in [1.54, 1.807) is 0 Å². The van der Waals surface area contributed by atoms with E-state index in [0.717, 1.165) is 33.8 Å². The Hall–Kier alpha value is -6.36. The van der Waals surface area contributed by atoms with Crippen LogP contribution in [0, 0.1) is 0 Å². The van der Waals surface area contributed by atoms with E-state index in [0.29, 0.717) is 5.82 Å². The van der Waals surface area contributed by atoms with Crippen molar-refractivity contribution in [2.75, 3.05) is 0 Å². The third-order valence-electron chi connectivity index (χ3n) is 9.63. The molecule has 3 nitrogen and oxygen atoms in total. The number of fused-ring (bicyclic) bond motifs is 7. The molecule has 0 unspecified atom stereocenters. The highest BCUT2D eigenvalue weighted by Gasteiger charge is 2.19. The summed E-state index contributed by atoms with van der Waals surface area (Å²) in [6, 6.07) is 62.4. The van der Waals surface area contributed by atoms with Gasteiger partial charge in [-0.1, -0.05) is 127 Å². The fraction of sp³-hybridized carbons (Fsp3) is 0. The number of nitrogens with zero attached hydrogens (tertiary/aromatic N) is 3. The monoisotopic (exact) mass is 655 g/mol. The molecule has 3 aromatic heterocycles. The first-order valence-electron chi connectivity index (χ1n) is 16.8. The van der Waals surface area contributed by atoms with Gasteiger partial charge in [-0.05, 0) is 59.7 Å². The first kappa shape index (κ1) is 28.6. The predicted octanol–water partition coefficient (Wildman–Crippen LogP) is 12.6. The minimum Gasteiger partial charge on any atom is -0.308 e. The zero-order valence-electron chi connectivity index (χ0n) is 27.0. The fourth-order valence-corrected chi connectivity index (χ4v) is 8.45. The molecule has 3 heterocycles. The first-order valence-corrected chi connectivity index (χ1v) is 17.6. The minimum atomic E-state index is 0.707. The zero-order valence-corrected chi connectivity index (χ0v) is 27.8. The van der Waals surface area contributed by atoms with Gasteiger partial charge in [0, 0.05) is 48.6 Å². The van der Waals surface area contributed by atoms with Crippen LogP contribution < -0.4 is 0 Å². The van der Waals surface area contributed by atoms with E-state index in [2.05, 4.69) is 168 Å². The Bertz CT molecular complexity index is 2780. The first-order chi connectivity index (χ1) is 24.8. The van der Waals surface area contributed by atoms with E-state index in [-0.39, 0.29) is 0 Å². The molecule has 0 aliphatic carbocycles. The standard InChI is InChI=1S/C46H29N3S/c1-4-12-30(13-5-1)34-22-27-42-39(28-34)37-25-26-38-36-18-10-11-19-43(36)50-45(38)44(37)49(42)35-23-20-33(21-24-35)46-47-40(31-14-6-2-7-15-31)29-41(48-46)32-16-8-3-9-17-32/h1-29H. The van der Waals surface area contributed by atoms with Crippen LogP contribution in [0.25, 0.3) is 92.7 Å². The molecule has 0 aliphatic rings. The van der Waals surface area contributed by atoms with Gasteiger partial charge in [0.15, 0.2) is 5.82 Å². The van der Waals surface area contributed by atoms with E-state index in [1.807, 2.05) is 23.5 Å². The molecule has 0 spiro atoms. The SMILES string of the molecule is c1ccc(-c2ccc3c(c2)c2ccc4c5ccccc5sc4c2n3-c2ccc(-c3nc(-c4ccccc4)cc(-c4ccccc4)n3)cc2)cc1. The summed E-state index contributed by atoms with van der Waals surface area (Å²) in [6.45, 7) is 0. The lowest BCUT2D eigenvalue weighted by atomic mass is 10.0. The maximum atomic E-state index is 5.08. The van der Waals surface area contributed by atoms with E-state index >= 15 is 0 Å². The van der Waals surface area contributed by atoms with Crippen LogP contribution in [0.1, 0.15) is 0 Å². The van der Waals surface area contributed by atoms with Crippen LogP contribution in [0.3, 0.4) is 0 Å². The molecule has 0 saturated carbocycles. The normalized spacial score (nSPS) is 11.6. The number of rotatable bonds is 5. The summed E-state index contributed by atoms with van der Waals surface area (Å²) in [4.78, 5) is 10.2. The van der Waals surface area contributed by atoms with Crippen LogP contribution in [0.15, 0.2) is 176 Å². The Morgan fingerprint density at radius 2 is 0.980 bits per heavy atom. The summed E-state index contributed by atoms with van der Waals surface area (Å²) in [5.41, 5.74) is 10.9. The molecule has 0 N–H and O–H groups in total. The van der Waals surface area contributed by atoms with Crippen molar-refractivity contribution >= 4 is 53.3 Å². The molecule has 50 heavy (non-hydrogen) atoms. The van der Waals surface area contributed by atoms with Gasteiger partial charge in [0.05, 0.1) is 27.1 Å². The van der Waals surface area contributed by atoms with E-state index in [4.69, 9.17) is 9.97 Å². The summed E-state index contributed by atoms with van der Waals surface area (Å²) in [5.74, 6) is 0.707. The quantitative estimate of drug-likeness (QED) is 0.185. The minimum absolute atomic E-state index is 0.707. The number of thiophene rings is 1. The average Bonchev–Trinajstić information content (AvgIpc) is 3.74. The summed E-state index contributed by atoms with van der Waals surface area (Å²) in [6.07, 6.45) is 0. The Morgan fingerprint density at radius 3 is 1.66 bits per heavy atom.